The van der Waals surface area contributed by atoms with E-state index in [0.717, 1.165) is 24.4 Å². The molecule has 2 aliphatic heterocycles. The number of rotatable bonds is 5. The maximum absolute atomic E-state index is 12.3. The summed E-state index contributed by atoms with van der Waals surface area (Å²) in [4.78, 5) is 13.4. The first-order valence-electron chi connectivity index (χ1n) is 9.97. The highest BCUT2D eigenvalue weighted by atomic mass is 79.9. The molecule has 0 unspecified atom stereocenters. The minimum atomic E-state index is -1.13. The third kappa shape index (κ3) is 3.79. The SMILES string of the molecule is COc1ccc([C@H]2Oc3ccc(Br)cc3[C@H]3CC(c4ccc(Br)s4)=NN32)c(C(=O)O)c1OC. The number of halogens is 2. The molecular formula is C23H18Br2N2O5S. The van der Waals surface area contributed by atoms with Gasteiger partial charge in [0.1, 0.15) is 11.3 Å². The van der Waals surface area contributed by atoms with E-state index in [-0.39, 0.29) is 17.4 Å². The average molecular weight is 594 g/mol. The molecule has 1 N–H and O–H groups in total. The zero-order chi connectivity index (χ0) is 23.3. The third-order valence-corrected chi connectivity index (χ3v) is 7.83. The van der Waals surface area contributed by atoms with Crippen LogP contribution in [-0.2, 0) is 0 Å². The first-order valence-corrected chi connectivity index (χ1v) is 12.4. The van der Waals surface area contributed by atoms with Gasteiger partial charge in [-0.25, -0.2) is 9.80 Å². The molecule has 33 heavy (non-hydrogen) atoms. The molecule has 5 rings (SSSR count). The molecule has 0 fully saturated rings. The highest BCUT2D eigenvalue weighted by Crippen LogP contribution is 2.50. The number of hydrazone groups is 1. The van der Waals surface area contributed by atoms with Crippen molar-refractivity contribution in [3.8, 4) is 17.2 Å². The number of thiophene rings is 1. The molecule has 0 bridgehead atoms. The lowest BCUT2D eigenvalue weighted by Crippen LogP contribution is -2.34. The number of carboxylic acid groups (broad SMARTS) is 1. The fourth-order valence-electron chi connectivity index (χ4n) is 4.25. The number of hydrogen-bond donors (Lipinski definition) is 1. The summed E-state index contributed by atoms with van der Waals surface area (Å²) < 4.78 is 19.1. The number of ether oxygens (including phenoxy) is 3. The topological polar surface area (TPSA) is 80.6 Å². The lowest BCUT2D eigenvalue weighted by Gasteiger charge is -2.38. The quantitative estimate of drug-likeness (QED) is 0.378. The second-order valence-electron chi connectivity index (χ2n) is 7.47. The zero-order valence-electron chi connectivity index (χ0n) is 17.5. The van der Waals surface area contributed by atoms with Gasteiger partial charge in [0.2, 0.25) is 6.23 Å². The van der Waals surface area contributed by atoms with Gasteiger partial charge >= 0.3 is 5.97 Å². The fourth-order valence-corrected chi connectivity index (χ4v) is 6.01. The molecule has 3 heterocycles. The molecule has 7 nitrogen and oxygen atoms in total. The molecule has 0 saturated heterocycles. The highest BCUT2D eigenvalue weighted by Gasteiger charge is 2.43. The number of carbonyl (C=O) groups is 1. The Hall–Kier alpha value is -2.56. The largest absolute Gasteiger partial charge is 0.493 e. The Morgan fingerprint density at radius 3 is 2.64 bits per heavy atom. The maximum atomic E-state index is 12.3. The Labute approximate surface area is 210 Å². The van der Waals surface area contributed by atoms with Gasteiger partial charge in [-0.1, -0.05) is 15.9 Å². The van der Waals surface area contributed by atoms with E-state index >= 15 is 0 Å². The van der Waals surface area contributed by atoms with E-state index in [2.05, 4.69) is 31.9 Å². The number of methoxy groups -OCH3 is 2. The van der Waals surface area contributed by atoms with Crippen molar-refractivity contribution in [1.82, 2.24) is 5.01 Å². The smallest absolute Gasteiger partial charge is 0.340 e. The van der Waals surface area contributed by atoms with E-state index in [9.17, 15) is 9.90 Å². The molecule has 3 aromatic rings. The lowest BCUT2D eigenvalue weighted by molar-refractivity contribution is -0.0199. The summed E-state index contributed by atoms with van der Waals surface area (Å²) in [5.74, 6) is 0.0479. The number of nitrogens with zero attached hydrogens (tertiary/aromatic N) is 2. The van der Waals surface area contributed by atoms with Gasteiger partial charge in [-0.3, -0.25) is 0 Å². The third-order valence-electron chi connectivity index (χ3n) is 5.67. The van der Waals surface area contributed by atoms with Crippen LogP contribution in [0.2, 0.25) is 0 Å². The van der Waals surface area contributed by atoms with E-state index < -0.39 is 12.2 Å². The fraction of sp³-hybridized carbons (Fsp3) is 0.217. The Balaban J connectivity index is 1.68. The highest BCUT2D eigenvalue weighted by molar-refractivity contribution is 9.11. The summed E-state index contributed by atoms with van der Waals surface area (Å²) in [6.45, 7) is 0. The monoisotopic (exact) mass is 592 g/mol. The zero-order valence-corrected chi connectivity index (χ0v) is 21.5. The second-order valence-corrected chi connectivity index (χ2v) is 10.9. The number of carboxylic acids is 1. The summed E-state index contributed by atoms with van der Waals surface area (Å²) in [6.07, 6.45) is -0.0816. The van der Waals surface area contributed by atoms with Crippen molar-refractivity contribution >= 4 is 54.9 Å². The summed E-state index contributed by atoms with van der Waals surface area (Å²) >= 11 is 8.68. The van der Waals surface area contributed by atoms with E-state index in [1.807, 2.05) is 35.3 Å². The van der Waals surface area contributed by atoms with Gasteiger partial charge in [0, 0.05) is 22.0 Å². The Kier molecular flexibility index (Phi) is 5.84. The van der Waals surface area contributed by atoms with Gasteiger partial charge in [0.25, 0.3) is 0 Å². The summed E-state index contributed by atoms with van der Waals surface area (Å²) in [5.41, 5.74) is 2.35. The van der Waals surface area contributed by atoms with Crippen LogP contribution < -0.4 is 14.2 Å². The minimum Gasteiger partial charge on any atom is -0.493 e. The number of hydrogen-bond acceptors (Lipinski definition) is 7. The molecule has 0 saturated carbocycles. The van der Waals surface area contributed by atoms with Gasteiger partial charge in [-0.05, 0) is 58.4 Å². The first-order chi connectivity index (χ1) is 15.9. The molecule has 2 aromatic carbocycles. The van der Waals surface area contributed by atoms with Crippen LogP contribution in [0, 0.1) is 0 Å². The molecule has 1 aromatic heterocycles. The van der Waals surface area contributed by atoms with Crippen LogP contribution in [0.25, 0.3) is 0 Å². The minimum absolute atomic E-state index is 0.0105. The van der Waals surface area contributed by atoms with Crippen molar-refractivity contribution in [2.75, 3.05) is 14.2 Å². The molecule has 170 valence electrons. The molecule has 10 heteroatoms. The van der Waals surface area contributed by atoms with Gasteiger partial charge in [0.05, 0.1) is 34.6 Å². The van der Waals surface area contributed by atoms with E-state index in [1.54, 1.807) is 23.5 Å². The molecule has 0 radical (unpaired) electrons. The van der Waals surface area contributed by atoms with E-state index in [0.29, 0.717) is 23.5 Å². The molecule has 0 spiro atoms. The van der Waals surface area contributed by atoms with Crippen molar-refractivity contribution in [1.29, 1.82) is 0 Å². The van der Waals surface area contributed by atoms with Crippen molar-refractivity contribution < 1.29 is 24.1 Å². The van der Waals surface area contributed by atoms with Gasteiger partial charge in [0.15, 0.2) is 11.5 Å². The van der Waals surface area contributed by atoms with Crippen LogP contribution in [0.4, 0.5) is 0 Å². The Bertz CT molecular complexity index is 1290. The van der Waals surface area contributed by atoms with Crippen LogP contribution in [0.5, 0.6) is 17.2 Å². The summed E-state index contributed by atoms with van der Waals surface area (Å²) in [7, 11) is 2.90. The Morgan fingerprint density at radius 2 is 1.97 bits per heavy atom. The Morgan fingerprint density at radius 1 is 1.15 bits per heavy atom. The van der Waals surface area contributed by atoms with E-state index in [4.69, 9.17) is 19.3 Å². The van der Waals surface area contributed by atoms with Crippen molar-refractivity contribution in [2.24, 2.45) is 5.10 Å². The molecule has 0 aliphatic carbocycles. The maximum Gasteiger partial charge on any atom is 0.340 e. The van der Waals surface area contributed by atoms with Crippen LogP contribution >= 0.6 is 43.2 Å². The first kappa shape index (κ1) is 22.2. The number of fused-ring (bicyclic) bond motifs is 3. The average Bonchev–Trinajstić information content (AvgIpc) is 3.44. The molecule has 2 aliphatic rings. The van der Waals surface area contributed by atoms with Crippen LogP contribution in [0.1, 0.15) is 45.1 Å². The standard InChI is InChI=1S/C23H18Br2N2O5S/c1-30-17-6-4-12(20(23(28)29)21(17)31-2)22-27-15(13-9-11(24)3-5-16(13)32-22)10-14(26-27)18-7-8-19(25)33-18/h3-9,15,22H,10H2,1-2H3,(H,28,29)/t15-,22-/m1/s1. The van der Waals surface area contributed by atoms with Gasteiger partial charge < -0.3 is 19.3 Å². The molecule has 2 atom stereocenters. The van der Waals surface area contributed by atoms with Crippen LogP contribution in [0.3, 0.4) is 0 Å². The van der Waals surface area contributed by atoms with Gasteiger partial charge in [-0.2, -0.15) is 5.10 Å². The number of aromatic carboxylic acids is 1. The molecule has 0 amide bonds. The van der Waals surface area contributed by atoms with E-state index in [1.165, 1.54) is 14.2 Å². The van der Waals surface area contributed by atoms with Crippen molar-refractivity contribution in [3.63, 3.8) is 0 Å². The molecular weight excluding hydrogens is 576 g/mol. The van der Waals surface area contributed by atoms with Crippen LogP contribution in [0.15, 0.2) is 55.8 Å². The normalized spacial score (nSPS) is 18.8. The van der Waals surface area contributed by atoms with Gasteiger partial charge in [-0.15, -0.1) is 11.3 Å². The second kappa shape index (κ2) is 8.66. The lowest BCUT2D eigenvalue weighted by atomic mass is 9.96. The predicted molar refractivity (Wildman–Crippen MR) is 132 cm³/mol. The number of benzene rings is 2. The summed E-state index contributed by atoms with van der Waals surface area (Å²) in [6, 6.07) is 13.1. The van der Waals surface area contributed by atoms with Crippen molar-refractivity contribution in [2.45, 2.75) is 18.7 Å². The van der Waals surface area contributed by atoms with Crippen molar-refractivity contribution in [3.05, 3.63) is 72.3 Å². The predicted octanol–water partition coefficient (Wildman–Crippen LogP) is 6.23. The van der Waals surface area contributed by atoms with Crippen LogP contribution in [-0.4, -0.2) is 36.0 Å². The summed E-state index contributed by atoms with van der Waals surface area (Å²) in [5, 5.41) is 16.8.